The van der Waals surface area contributed by atoms with Crippen LogP contribution in [0.2, 0.25) is 0 Å². The Balaban J connectivity index is 2.28. The molecule has 3 heteroatoms. The smallest absolute Gasteiger partial charge is 0.0723 e. The fourth-order valence-corrected chi connectivity index (χ4v) is 2.87. The highest BCUT2D eigenvalue weighted by atomic mass is 16.5. The molecule has 20 heavy (non-hydrogen) atoms. The fraction of sp³-hybridized carbons (Fsp3) is 0.647. The summed E-state index contributed by atoms with van der Waals surface area (Å²) in [6.07, 6.45) is 1.44. The largest absolute Gasteiger partial charge is 0.375 e. The second kappa shape index (κ2) is 7.09. The van der Waals surface area contributed by atoms with Crippen molar-refractivity contribution in [1.29, 1.82) is 0 Å². The zero-order chi connectivity index (χ0) is 14.5. The zero-order valence-corrected chi connectivity index (χ0v) is 13.3. The number of benzene rings is 1. The minimum Gasteiger partial charge on any atom is -0.375 e. The van der Waals surface area contributed by atoms with Crippen LogP contribution in [-0.4, -0.2) is 31.8 Å². The Labute approximate surface area is 123 Å². The summed E-state index contributed by atoms with van der Waals surface area (Å²) in [5.74, 6) is 0. The Kier molecular flexibility index (Phi) is 5.44. The molecule has 0 spiro atoms. The third-order valence-corrected chi connectivity index (χ3v) is 4.05. The third kappa shape index (κ3) is 3.53. The number of nitrogens with zero attached hydrogens (tertiary/aromatic N) is 1. The molecular formula is C17H28N2O. The lowest BCUT2D eigenvalue weighted by atomic mass is 10.0. The molecule has 1 aliphatic rings. The first kappa shape index (κ1) is 15.3. The van der Waals surface area contributed by atoms with E-state index in [1.54, 1.807) is 0 Å². The molecule has 0 saturated carbocycles. The normalized spacial score (nSPS) is 23.1. The molecule has 2 unspecified atom stereocenters. The van der Waals surface area contributed by atoms with Crippen molar-refractivity contribution in [2.45, 2.75) is 52.8 Å². The maximum Gasteiger partial charge on any atom is 0.0723 e. The summed E-state index contributed by atoms with van der Waals surface area (Å²) < 4.78 is 5.82. The van der Waals surface area contributed by atoms with E-state index in [2.05, 4.69) is 56.1 Å². The van der Waals surface area contributed by atoms with E-state index in [9.17, 15) is 0 Å². The molecule has 1 saturated heterocycles. The van der Waals surface area contributed by atoms with E-state index in [-0.39, 0.29) is 0 Å². The number of anilines is 1. The summed E-state index contributed by atoms with van der Waals surface area (Å²) in [7, 11) is 0. The van der Waals surface area contributed by atoms with Crippen molar-refractivity contribution in [3.63, 3.8) is 0 Å². The summed E-state index contributed by atoms with van der Waals surface area (Å²) in [5, 5.41) is 3.46. The van der Waals surface area contributed by atoms with E-state index < -0.39 is 0 Å². The minimum atomic E-state index is 0.311. The second-order valence-corrected chi connectivity index (χ2v) is 5.77. The van der Waals surface area contributed by atoms with Gasteiger partial charge in [0.25, 0.3) is 0 Å². The number of hydrogen-bond acceptors (Lipinski definition) is 3. The number of morpholine rings is 1. The first-order valence-corrected chi connectivity index (χ1v) is 7.84. The molecule has 0 aromatic heterocycles. The molecular weight excluding hydrogens is 248 g/mol. The summed E-state index contributed by atoms with van der Waals surface area (Å²) in [5.41, 5.74) is 4.11. The van der Waals surface area contributed by atoms with Crippen molar-refractivity contribution in [2.24, 2.45) is 0 Å². The van der Waals surface area contributed by atoms with Crippen LogP contribution in [0, 0.1) is 6.92 Å². The highest BCUT2D eigenvalue weighted by Gasteiger charge is 2.27. The van der Waals surface area contributed by atoms with E-state index in [0.717, 1.165) is 32.7 Å². The summed E-state index contributed by atoms with van der Waals surface area (Å²) >= 11 is 0. The zero-order valence-electron chi connectivity index (χ0n) is 13.3. The molecule has 1 heterocycles. The molecule has 1 aromatic rings. The van der Waals surface area contributed by atoms with Crippen LogP contribution in [-0.2, 0) is 11.3 Å². The lowest BCUT2D eigenvalue weighted by Gasteiger charge is -2.41. The van der Waals surface area contributed by atoms with Crippen LogP contribution in [0.1, 0.15) is 38.3 Å². The monoisotopic (exact) mass is 276 g/mol. The molecule has 2 rings (SSSR count). The van der Waals surface area contributed by atoms with E-state index >= 15 is 0 Å². The SMILES string of the molecule is CCNCc1cc(C)ccc1N1CC(C)OCC1CC. The number of aryl methyl sites for hydroxylation is 1. The molecule has 1 aliphatic heterocycles. The Morgan fingerprint density at radius 1 is 1.35 bits per heavy atom. The van der Waals surface area contributed by atoms with Gasteiger partial charge in [-0.3, -0.25) is 0 Å². The van der Waals surface area contributed by atoms with Gasteiger partial charge in [-0.1, -0.05) is 31.5 Å². The standard InChI is InChI=1S/C17H28N2O/c1-5-16-12-20-14(4)11-19(16)17-8-7-13(3)9-15(17)10-18-6-2/h7-9,14,16,18H,5-6,10-12H2,1-4H3. The highest BCUT2D eigenvalue weighted by molar-refractivity contribution is 5.56. The van der Waals surface area contributed by atoms with Gasteiger partial charge in [-0.15, -0.1) is 0 Å². The van der Waals surface area contributed by atoms with Crippen molar-refractivity contribution in [2.75, 3.05) is 24.6 Å². The Morgan fingerprint density at radius 3 is 2.85 bits per heavy atom. The molecule has 112 valence electrons. The number of hydrogen-bond donors (Lipinski definition) is 1. The van der Waals surface area contributed by atoms with Crippen LogP contribution in [0.4, 0.5) is 5.69 Å². The predicted octanol–water partition coefficient (Wildman–Crippen LogP) is 3.11. The summed E-state index contributed by atoms with van der Waals surface area (Å²) in [6.45, 7) is 12.5. The van der Waals surface area contributed by atoms with E-state index in [4.69, 9.17) is 4.74 Å². The number of nitrogens with one attached hydrogen (secondary N) is 1. The van der Waals surface area contributed by atoms with Gasteiger partial charge < -0.3 is 15.0 Å². The predicted molar refractivity (Wildman–Crippen MR) is 85.4 cm³/mol. The van der Waals surface area contributed by atoms with Crippen molar-refractivity contribution in [3.8, 4) is 0 Å². The fourth-order valence-electron chi connectivity index (χ4n) is 2.87. The first-order valence-electron chi connectivity index (χ1n) is 7.84. The van der Waals surface area contributed by atoms with Gasteiger partial charge in [0.2, 0.25) is 0 Å². The van der Waals surface area contributed by atoms with Crippen molar-refractivity contribution >= 4 is 5.69 Å². The van der Waals surface area contributed by atoms with E-state index in [1.807, 2.05) is 0 Å². The van der Waals surface area contributed by atoms with E-state index in [0.29, 0.717) is 12.1 Å². The van der Waals surface area contributed by atoms with Gasteiger partial charge in [0.05, 0.1) is 18.8 Å². The van der Waals surface area contributed by atoms with Gasteiger partial charge in [-0.2, -0.15) is 0 Å². The Bertz CT molecular complexity index is 433. The minimum absolute atomic E-state index is 0.311. The third-order valence-electron chi connectivity index (χ3n) is 4.05. The van der Waals surface area contributed by atoms with Gasteiger partial charge in [0.15, 0.2) is 0 Å². The van der Waals surface area contributed by atoms with Crippen molar-refractivity contribution in [3.05, 3.63) is 29.3 Å². The van der Waals surface area contributed by atoms with Crippen molar-refractivity contribution in [1.82, 2.24) is 5.32 Å². The van der Waals surface area contributed by atoms with Crippen LogP contribution < -0.4 is 10.2 Å². The number of ether oxygens (including phenoxy) is 1. The molecule has 0 bridgehead atoms. The average molecular weight is 276 g/mol. The Morgan fingerprint density at radius 2 is 2.15 bits per heavy atom. The van der Waals surface area contributed by atoms with Crippen LogP contribution in [0.15, 0.2) is 18.2 Å². The Hall–Kier alpha value is -1.06. The van der Waals surface area contributed by atoms with Gasteiger partial charge in [0.1, 0.15) is 0 Å². The quantitative estimate of drug-likeness (QED) is 0.894. The number of rotatable bonds is 5. The van der Waals surface area contributed by atoms with Crippen LogP contribution in [0.3, 0.4) is 0 Å². The molecule has 0 radical (unpaired) electrons. The van der Waals surface area contributed by atoms with Gasteiger partial charge >= 0.3 is 0 Å². The molecule has 0 aliphatic carbocycles. The van der Waals surface area contributed by atoms with Gasteiger partial charge in [-0.25, -0.2) is 0 Å². The maximum absolute atomic E-state index is 5.82. The van der Waals surface area contributed by atoms with Crippen LogP contribution in [0.25, 0.3) is 0 Å². The summed E-state index contributed by atoms with van der Waals surface area (Å²) in [6, 6.07) is 7.31. The molecule has 1 N–H and O–H groups in total. The second-order valence-electron chi connectivity index (χ2n) is 5.77. The van der Waals surface area contributed by atoms with Crippen molar-refractivity contribution < 1.29 is 4.74 Å². The maximum atomic E-state index is 5.82. The lowest BCUT2D eigenvalue weighted by Crippen LogP contribution is -2.49. The molecule has 0 amide bonds. The molecule has 1 aromatic carbocycles. The van der Waals surface area contributed by atoms with Gasteiger partial charge in [-0.05, 0) is 38.4 Å². The van der Waals surface area contributed by atoms with E-state index in [1.165, 1.54) is 16.8 Å². The molecule has 2 atom stereocenters. The van der Waals surface area contributed by atoms with Gasteiger partial charge in [0, 0.05) is 18.8 Å². The topological polar surface area (TPSA) is 24.5 Å². The summed E-state index contributed by atoms with van der Waals surface area (Å²) in [4.78, 5) is 2.54. The lowest BCUT2D eigenvalue weighted by molar-refractivity contribution is 0.0299. The first-order chi connectivity index (χ1) is 9.65. The van der Waals surface area contributed by atoms with Crippen LogP contribution in [0.5, 0.6) is 0 Å². The molecule has 1 fully saturated rings. The highest BCUT2D eigenvalue weighted by Crippen LogP contribution is 2.28. The van der Waals surface area contributed by atoms with Crippen LogP contribution >= 0.6 is 0 Å². The molecule has 3 nitrogen and oxygen atoms in total. The average Bonchev–Trinajstić information content (AvgIpc) is 2.45.